The van der Waals surface area contributed by atoms with Gasteiger partial charge in [-0.1, -0.05) is 54.4 Å². The van der Waals surface area contributed by atoms with Crippen LogP contribution < -0.4 is 5.32 Å². The molecule has 0 saturated carbocycles. The molecule has 1 N–H and O–H groups in total. The summed E-state index contributed by atoms with van der Waals surface area (Å²) in [6.45, 7) is 2.58. The van der Waals surface area contributed by atoms with E-state index in [2.05, 4.69) is 5.32 Å². The standard InChI is InChI=1S/C16H15Cl2F2N/c1-2-21-14(11-6-4-8-13(19)15(11)18)9-10-5-3-7-12(17)16(10)20/h3-8,14,21H,2,9H2,1H3. The monoisotopic (exact) mass is 329 g/mol. The zero-order valence-corrected chi connectivity index (χ0v) is 13.0. The minimum absolute atomic E-state index is 0.0610. The first kappa shape index (κ1) is 16.2. The van der Waals surface area contributed by atoms with E-state index in [1.165, 1.54) is 12.1 Å². The molecule has 0 aliphatic carbocycles. The Kier molecular flexibility index (Phi) is 5.57. The van der Waals surface area contributed by atoms with Crippen LogP contribution in [-0.2, 0) is 6.42 Å². The smallest absolute Gasteiger partial charge is 0.145 e. The van der Waals surface area contributed by atoms with Crippen LogP contribution in [-0.4, -0.2) is 6.54 Å². The van der Waals surface area contributed by atoms with Crippen molar-refractivity contribution in [2.24, 2.45) is 0 Å². The van der Waals surface area contributed by atoms with E-state index in [4.69, 9.17) is 23.2 Å². The summed E-state index contributed by atoms with van der Waals surface area (Å²) in [5.41, 5.74) is 1.08. The summed E-state index contributed by atoms with van der Waals surface area (Å²) in [5.74, 6) is -0.932. The first-order valence-corrected chi connectivity index (χ1v) is 7.40. The van der Waals surface area contributed by atoms with Crippen molar-refractivity contribution < 1.29 is 8.78 Å². The second-order valence-electron chi connectivity index (χ2n) is 4.67. The Labute approximate surface area is 132 Å². The Balaban J connectivity index is 2.35. The molecule has 2 rings (SSSR count). The van der Waals surface area contributed by atoms with Crippen LogP contribution in [0.1, 0.15) is 24.1 Å². The van der Waals surface area contributed by atoms with Crippen LogP contribution in [0.15, 0.2) is 36.4 Å². The SMILES string of the molecule is CCNC(Cc1cccc(Cl)c1F)c1cccc(F)c1Cl. The van der Waals surface area contributed by atoms with Crippen LogP contribution >= 0.6 is 23.2 Å². The minimum Gasteiger partial charge on any atom is -0.310 e. The van der Waals surface area contributed by atoms with Gasteiger partial charge in [0.15, 0.2) is 0 Å². The molecular formula is C16H15Cl2F2N. The molecule has 0 fully saturated rings. The average Bonchev–Trinajstić information content (AvgIpc) is 2.46. The molecule has 0 radical (unpaired) electrons. The lowest BCUT2D eigenvalue weighted by molar-refractivity contribution is 0.524. The summed E-state index contributed by atoms with van der Waals surface area (Å²) in [7, 11) is 0. The molecule has 1 nitrogen and oxygen atoms in total. The molecule has 0 spiro atoms. The van der Waals surface area contributed by atoms with Gasteiger partial charge < -0.3 is 5.32 Å². The third kappa shape index (κ3) is 3.73. The number of benzene rings is 2. The summed E-state index contributed by atoms with van der Waals surface area (Å²) >= 11 is 11.8. The molecule has 2 aromatic carbocycles. The van der Waals surface area contributed by atoms with E-state index in [9.17, 15) is 8.78 Å². The fourth-order valence-electron chi connectivity index (χ4n) is 2.25. The highest BCUT2D eigenvalue weighted by Crippen LogP contribution is 2.29. The first-order chi connectivity index (χ1) is 10.0. The van der Waals surface area contributed by atoms with Gasteiger partial charge in [-0.3, -0.25) is 0 Å². The maximum atomic E-state index is 14.0. The highest BCUT2D eigenvalue weighted by atomic mass is 35.5. The summed E-state index contributed by atoms with van der Waals surface area (Å²) in [5, 5.41) is 3.34. The Bertz CT molecular complexity index is 632. The van der Waals surface area contributed by atoms with Crippen molar-refractivity contribution >= 4 is 23.2 Å². The van der Waals surface area contributed by atoms with Crippen LogP contribution in [0.3, 0.4) is 0 Å². The van der Waals surface area contributed by atoms with E-state index in [0.29, 0.717) is 24.1 Å². The quantitative estimate of drug-likeness (QED) is 0.798. The summed E-state index contributed by atoms with van der Waals surface area (Å²) in [6.07, 6.45) is 0.337. The van der Waals surface area contributed by atoms with Crippen LogP contribution in [0.4, 0.5) is 8.78 Å². The molecule has 2 aromatic rings. The fraction of sp³-hybridized carbons (Fsp3) is 0.250. The molecule has 0 amide bonds. The van der Waals surface area contributed by atoms with Gasteiger partial charge in [0.2, 0.25) is 0 Å². The molecule has 1 unspecified atom stereocenters. The maximum Gasteiger partial charge on any atom is 0.145 e. The molecule has 1 atom stereocenters. The summed E-state index contributed by atoms with van der Waals surface area (Å²) in [6, 6.07) is 9.20. The molecule has 0 aliphatic heterocycles. The van der Waals surface area contributed by atoms with E-state index in [0.717, 1.165) is 0 Å². The van der Waals surface area contributed by atoms with Crippen LogP contribution in [0.25, 0.3) is 0 Å². The summed E-state index contributed by atoms with van der Waals surface area (Å²) < 4.78 is 27.6. The second kappa shape index (κ2) is 7.21. The van der Waals surface area contributed by atoms with E-state index in [1.54, 1.807) is 24.3 Å². The maximum absolute atomic E-state index is 14.0. The largest absolute Gasteiger partial charge is 0.310 e. The van der Waals surface area contributed by atoms with E-state index >= 15 is 0 Å². The van der Waals surface area contributed by atoms with Gasteiger partial charge in [0.1, 0.15) is 11.6 Å². The van der Waals surface area contributed by atoms with E-state index < -0.39 is 11.6 Å². The lowest BCUT2D eigenvalue weighted by Crippen LogP contribution is -2.24. The normalized spacial score (nSPS) is 12.4. The molecular weight excluding hydrogens is 315 g/mol. The zero-order chi connectivity index (χ0) is 15.4. The third-order valence-electron chi connectivity index (χ3n) is 3.26. The molecule has 0 heterocycles. The third-order valence-corrected chi connectivity index (χ3v) is 3.95. The Morgan fingerprint density at radius 2 is 1.81 bits per heavy atom. The number of rotatable bonds is 5. The molecule has 0 aliphatic rings. The predicted molar refractivity (Wildman–Crippen MR) is 82.9 cm³/mol. The van der Waals surface area contributed by atoms with Crippen molar-refractivity contribution in [3.8, 4) is 0 Å². The molecule has 5 heteroatoms. The van der Waals surface area contributed by atoms with Crippen LogP contribution in [0.5, 0.6) is 0 Å². The van der Waals surface area contributed by atoms with Crippen molar-refractivity contribution in [3.63, 3.8) is 0 Å². The lowest BCUT2D eigenvalue weighted by atomic mass is 9.98. The molecule has 0 saturated heterocycles. The van der Waals surface area contributed by atoms with Crippen molar-refractivity contribution in [1.29, 1.82) is 0 Å². The minimum atomic E-state index is -0.483. The highest BCUT2D eigenvalue weighted by Gasteiger charge is 2.19. The highest BCUT2D eigenvalue weighted by molar-refractivity contribution is 6.31. The van der Waals surface area contributed by atoms with Crippen molar-refractivity contribution in [3.05, 3.63) is 69.2 Å². The van der Waals surface area contributed by atoms with Crippen LogP contribution in [0.2, 0.25) is 10.0 Å². The zero-order valence-electron chi connectivity index (χ0n) is 11.5. The Morgan fingerprint density at radius 1 is 1.10 bits per heavy atom. The van der Waals surface area contributed by atoms with Gasteiger partial charge in [0.25, 0.3) is 0 Å². The molecule has 0 aromatic heterocycles. The number of hydrogen-bond donors (Lipinski definition) is 1. The topological polar surface area (TPSA) is 12.0 Å². The number of likely N-dealkylation sites (N-methyl/N-ethyl adjacent to an activating group) is 1. The lowest BCUT2D eigenvalue weighted by Gasteiger charge is -2.20. The fourth-order valence-corrected chi connectivity index (χ4v) is 2.71. The first-order valence-electron chi connectivity index (χ1n) is 6.64. The average molecular weight is 330 g/mol. The van der Waals surface area contributed by atoms with Gasteiger partial charge in [0, 0.05) is 6.04 Å². The van der Waals surface area contributed by atoms with Gasteiger partial charge in [-0.05, 0) is 36.2 Å². The van der Waals surface area contributed by atoms with Gasteiger partial charge in [-0.2, -0.15) is 0 Å². The van der Waals surface area contributed by atoms with Crippen LogP contribution in [0, 0.1) is 11.6 Å². The second-order valence-corrected chi connectivity index (χ2v) is 5.46. The number of halogens is 4. The van der Waals surface area contributed by atoms with Crippen molar-refractivity contribution in [2.75, 3.05) is 6.54 Å². The molecule has 0 bridgehead atoms. The predicted octanol–water partition coefficient (Wildman–Crippen LogP) is 5.16. The van der Waals surface area contributed by atoms with Crippen molar-refractivity contribution in [2.45, 2.75) is 19.4 Å². The van der Waals surface area contributed by atoms with Gasteiger partial charge in [0.05, 0.1) is 10.0 Å². The van der Waals surface area contributed by atoms with Gasteiger partial charge >= 0.3 is 0 Å². The number of hydrogen-bond acceptors (Lipinski definition) is 1. The molecule has 112 valence electrons. The molecule has 21 heavy (non-hydrogen) atoms. The van der Waals surface area contributed by atoms with Gasteiger partial charge in [-0.15, -0.1) is 0 Å². The van der Waals surface area contributed by atoms with Crippen molar-refractivity contribution in [1.82, 2.24) is 5.32 Å². The Morgan fingerprint density at radius 3 is 2.52 bits per heavy atom. The van der Waals surface area contributed by atoms with E-state index in [1.807, 2.05) is 6.92 Å². The van der Waals surface area contributed by atoms with E-state index in [-0.39, 0.29) is 16.1 Å². The van der Waals surface area contributed by atoms with Gasteiger partial charge in [-0.25, -0.2) is 8.78 Å². The summed E-state index contributed by atoms with van der Waals surface area (Å²) in [4.78, 5) is 0. The number of nitrogens with one attached hydrogen (secondary N) is 1. The Hall–Kier alpha value is -1.16.